The molecule has 0 atom stereocenters. The highest BCUT2D eigenvalue weighted by Crippen LogP contribution is 2.47. The highest BCUT2D eigenvalue weighted by Gasteiger charge is 2.61. The molecule has 2 aliphatic rings. The SMILES string of the molecule is CCC1CCC(C#CC2CCC(C(F)(F)C(F)(F)F)CC2)CC1. The van der Waals surface area contributed by atoms with Gasteiger partial charge in [-0.05, 0) is 57.3 Å². The van der Waals surface area contributed by atoms with Gasteiger partial charge in [0, 0.05) is 17.8 Å². The first-order chi connectivity index (χ1) is 10.7. The van der Waals surface area contributed by atoms with E-state index < -0.39 is 18.0 Å². The minimum atomic E-state index is -5.44. The van der Waals surface area contributed by atoms with Crippen LogP contribution in [0.5, 0.6) is 0 Å². The second-order valence-corrected chi connectivity index (χ2v) is 7.08. The Morgan fingerprint density at radius 2 is 1.17 bits per heavy atom. The van der Waals surface area contributed by atoms with E-state index in [1.165, 1.54) is 19.3 Å². The molecule has 0 aromatic carbocycles. The normalized spacial score (nSPS) is 33.0. The molecule has 0 heterocycles. The van der Waals surface area contributed by atoms with E-state index in [0.29, 0.717) is 18.8 Å². The van der Waals surface area contributed by atoms with Crippen LogP contribution in [0.2, 0.25) is 0 Å². The minimum absolute atomic E-state index is 0.0146. The van der Waals surface area contributed by atoms with Crippen LogP contribution in [0.1, 0.15) is 64.7 Å². The molecule has 0 aromatic rings. The largest absolute Gasteiger partial charge is 0.453 e. The Morgan fingerprint density at radius 3 is 1.57 bits per heavy atom. The molecule has 0 aliphatic heterocycles. The van der Waals surface area contributed by atoms with Gasteiger partial charge in [-0.3, -0.25) is 0 Å². The summed E-state index contributed by atoms with van der Waals surface area (Å²) >= 11 is 0. The molecule has 2 saturated carbocycles. The Labute approximate surface area is 135 Å². The molecule has 0 unspecified atom stereocenters. The second kappa shape index (κ2) is 7.40. The second-order valence-electron chi connectivity index (χ2n) is 7.08. The zero-order valence-electron chi connectivity index (χ0n) is 13.6. The lowest BCUT2D eigenvalue weighted by molar-refractivity contribution is -0.305. The quantitative estimate of drug-likeness (QED) is 0.415. The predicted molar refractivity (Wildman–Crippen MR) is 80.0 cm³/mol. The standard InChI is InChI=1S/C18H25F5/c1-2-13-3-5-14(6-4-13)7-8-15-9-11-16(12-10-15)17(19,20)18(21,22)23/h13-16H,2-6,9-12H2,1H3. The Balaban J connectivity index is 1.81. The van der Waals surface area contributed by atoms with E-state index in [0.717, 1.165) is 18.8 Å². The molecule has 23 heavy (non-hydrogen) atoms. The van der Waals surface area contributed by atoms with Gasteiger partial charge in [-0.25, -0.2) is 0 Å². The lowest BCUT2D eigenvalue weighted by atomic mass is 9.78. The maximum Gasteiger partial charge on any atom is 0.453 e. The van der Waals surface area contributed by atoms with Gasteiger partial charge in [0.25, 0.3) is 0 Å². The fourth-order valence-electron chi connectivity index (χ4n) is 3.78. The van der Waals surface area contributed by atoms with Crippen molar-refractivity contribution in [1.82, 2.24) is 0 Å². The molecule has 132 valence electrons. The molecular formula is C18H25F5. The van der Waals surface area contributed by atoms with Crippen molar-refractivity contribution in [3.63, 3.8) is 0 Å². The summed E-state index contributed by atoms with van der Waals surface area (Å²) in [5.41, 5.74) is 0. The van der Waals surface area contributed by atoms with Crippen molar-refractivity contribution in [3.8, 4) is 11.8 Å². The zero-order valence-corrected chi connectivity index (χ0v) is 13.6. The van der Waals surface area contributed by atoms with E-state index in [1.54, 1.807) is 0 Å². The molecule has 2 aliphatic carbocycles. The van der Waals surface area contributed by atoms with Crippen LogP contribution in [-0.4, -0.2) is 12.1 Å². The van der Waals surface area contributed by atoms with Crippen LogP contribution >= 0.6 is 0 Å². The monoisotopic (exact) mass is 336 g/mol. The minimum Gasteiger partial charge on any atom is -0.196 e. The van der Waals surface area contributed by atoms with Gasteiger partial charge in [-0.15, -0.1) is 0 Å². The first-order valence-corrected chi connectivity index (χ1v) is 8.69. The topological polar surface area (TPSA) is 0 Å². The van der Waals surface area contributed by atoms with E-state index in [9.17, 15) is 22.0 Å². The van der Waals surface area contributed by atoms with Crippen molar-refractivity contribution < 1.29 is 22.0 Å². The van der Waals surface area contributed by atoms with Crippen molar-refractivity contribution in [3.05, 3.63) is 0 Å². The molecule has 0 aromatic heterocycles. The predicted octanol–water partition coefficient (Wildman–Crippen LogP) is 6.21. The van der Waals surface area contributed by atoms with Crippen LogP contribution in [-0.2, 0) is 0 Å². The van der Waals surface area contributed by atoms with E-state index >= 15 is 0 Å². The fraction of sp³-hybridized carbons (Fsp3) is 0.889. The van der Waals surface area contributed by atoms with E-state index in [-0.39, 0.29) is 18.8 Å². The Morgan fingerprint density at radius 1 is 0.739 bits per heavy atom. The summed E-state index contributed by atoms with van der Waals surface area (Å²) in [7, 11) is 0. The molecular weight excluding hydrogens is 311 g/mol. The van der Waals surface area contributed by atoms with E-state index in [2.05, 4.69) is 18.8 Å². The highest BCUT2D eigenvalue weighted by atomic mass is 19.4. The smallest absolute Gasteiger partial charge is 0.196 e. The molecule has 2 rings (SSSR count). The summed E-state index contributed by atoms with van der Waals surface area (Å²) in [5, 5.41) is 0. The molecule has 0 saturated heterocycles. The average molecular weight is 336 g/mol. The summed E-state index contributed by atoms with van der Waals surface area (Å²) in [6.45, 7) is 2.20. The maximum atomic E-state index is 13.3. The van der Waals surface area contributed by atoms with Gasteiger partial charge >= 0.3 is 12.1 Å². The van der Waals surface area contributed by atoms with Crippen molar-refractivity contribution in [2.24, 2.45) is 23.7 Å². The van der Waals surface area contributed by atoms with Crippen LogP contribution in [0.3, 0.4) is 0 Å². The Hall–Kier alpha value is -0.790. The summed E-state index contributed by atoms with van der Waals surface area (Å²) in [4.78, 5) is 0. The lowest BCUT2D eigenvalue weighted by Crippen LogP contribution is -2.44. The van der Waals surface area contributed by atoms with Gasteiger partial charge < -0.3 is 0 Å². The van der Waals surface area contributed by atoms with E-state index in [1.807, 2.05) is 0 Å². The number of rotatable bonds is 2. The summed E-state index contributed by atoms with van der Waals surface area (Å²) in [6, 6.07) is 0. The van der Waals surface area contributed by atoms with Crippen molar-refractivity contribution in [1.29, 1.82) is 0 Å². The molecule has 5 heteroatoms. The van der Waals surface area contributed by atoms with Crippen LogP contribution in [0.15, 0.2) is 0 Å². The summed E-state index contributed by atoms with van der Waals surface area (Å²) < 4.78 is 63.8. The maximum absolute atomic E-state index is 13.3. The molecule has 2 fully saturated rings. The van der Waals surface area contributed by atoms with Gasteiger partial charge in [0.2, 0.25) is 0 Å². The average Bonchev–Trinajstić information content (AvgIpc) is 2.53. The van der Waals surface area contributed by atoms with Gasteiger partial charge in [0.05, 0.1) is 0 Å². The molecule has 0 spiro atoms. The molecule has 0 nitrogen and oxygen atoms in total. The Bertz CT molecular complexity index is 427. The molecule has 0 N–H and O–H groups in total. The lowest BCUT2D eigenvalue weighted by Gasteiger charge is -2.33. The number of halogens is 5. The first kappa shape index (κ1) is 18.5. The number of hydrogen-bond donors (Lipinski definition) is 0. The third kappa shape index (κ3) is 4.61. The number of alkyl halides is 5. The van der Waals surface area contributed by atoms with Gasteiger partial charge in [-0.1, -0.05) is 25.2 Å². The van der Waals surface area contributed by atoms with Crippen LogP contribution in [0, 0.1) is 35.5 Å². The van der Waals surface area contributed by atoms with Crippen LogP contribution in [0.25, 0.3) is 0 Å². The molecule has 0 radical (unpaired) electrons. The van der Waals surface area contributed by atoms with Crippen molar-refractivity contribution in [2.75, 3.05) is 0 Å². The Kier molecular flexibility index (Phi) is 5.97. The first-order valence-electron chi connectivity index (χ1n) is 8.69. The van der Waals surface area contributed by atoms with Gasteiger partial charge in [-0.2, -0.15) is 22.0 Å². The summed E-state index contributed by atoms with van der Waals surface area (Å²) in [5.74, 6) is 1.44. The van der Waals surface area contributed by atoms with Gasteiger partial charge in [0.15, 0.2) is 0 Å². The van der Waals surface area contributed by atoms with Crippen LogP contribution < -0.4 is 0 Å². The van der Waals surface area contributed by atoms with E-state index in [4.69, 9.17) is 0 Å². The van der Waals surface area contributed by atoms with Crippen molar-refractivity contribution >= 4 is 0 Å². The molecule has 0 bridgehead atoms. The summed E-state index contributed by atoms with van der Waals surface area (Å²) in [6.07, 6.45) is 0.872. The van der Waals surface area contributed by atoms with Crippen LogP contribution in [0.4, 0.5) is 22.0 Å². The third-order valence-electron chi connectivity index (χ3n) is 5.53. The fourth-order valence-corrected chi connectivity index (χ4v) is 3.78. The third-order valence-corrected chi connectivity index (χ3v) is 5.53. The number of hydrogen-bond acceptors (Lipinski definition) is 0. The van der Waals surface area contributed by atoms with Crippen molar-refractivity contribution in [2.45, 2.75) is 76.8 Å². The highest BCUT2D eigenvalue weighted by molar-refractivity contribution is 5.09. The molecule has 0 amide bonds. The zero-order chi connectivity index (χ0) is 17.1. The van der Waals surface area contributed by atoms with Gasteiger partial charge in [0.1, 0.15) is 0 Å².